The molecule has 0 aliphatic rings. The van der Waals surface area contributed by atoms with Crippen LogP contribution in [0.3, 0.4) is 0 Å². The zero-order valence-corrected chi connectivity index (χ0v) is 19.5. The number of rotatable bonds is 6. The highest BCUT2D eigenvalue weighted by molar-refractivity contribution is 5.99. The number of aliphatic hydroxyl groups excluding tert-OH is 1. The molecule has 2 aromatic carbocycles. The first kappa shape index (κ1) is 24.5. The minimum Gasteiger partial charge on any atom is -0.400 e. The molecule has 31 heavy (non-hydrogen) atoms. The molecule has 3 aromatic rings. The number of hydrogen-bond acceptors (Lipinski definition) is 4. The van der Waals surface area contributed by atoms with E-state index in [9.17, 15) is 9.59 Å². The molecule has 5 nitrogen and oxygen atoms in total. The van der Waals surface area contributed by atoms with Crippen LogP contribution in [0.5, 0.6) is 0 Å². The Labute approximate surface area is 184 Å². The lowest BCUT2D eigenvalue weighted by molar-refractivity contribution is -0.110. The quantitative estimate of drug-likeness (QED) is 0.595. The Morgan fingerprint density at radius 1 is 1.00 bits per heavy atom. The maximum atomic E-state index is 13.1. The van der Waals surface area contributed by atoms with Crippen molar-refractivity contribution >= 4 is 17.1 Å². The van der Waals surface area contributed by atoms with E-state index in [0.717, 1.165) is 35.5 Å². The Bertz CT molecular complexity index is 1130. The second-order valence-electron chi connectivity index (χ2n) is 8.10. The molecule has 1 N–H and O–H groups in total. The predicted octanol–water partition coefficient (Wildman–Crippen LogP) is 4.45. The lowest BCUT2D eigenvalue weighted by Crippen LogP contribution is -2.27. The van der Waals surface area contributed by atoms with Gasteiger partial charge in [-0.3, -0.25) is 4.79 Å². The topological polar surface area (TPSA) is 68.5 Å². The van der Waals surface area contributed by atoms with Gasteiger partial charge in [0.2, 0.25) is 0 Å². The number of fused-ring (bicyclic) bond motifs is 1. The van der Waals surface area contributed by atoms with E-state index in [-0.39, 0.29) is 18.3 Å². The molecule has 1 unspecified atom stereocenters. The van der Waals surface area contributed by atoms with Gasteiger partial charge in [0.15, 0.2) is 0 Å². The number of aryl methyl sites for hydroxylation is 3. The maximum absolute atomic E-state index is 13.1. The van der Waals surface area contributed by atoms with Crippen LogP contribution in [0, 0.1) is 20.8 Å². The first-order valence-corrected chi connectivity index (χ1v) is 10.5. The van der Waals surface area contributed by atoms with E-state index >= 15 is 0 Å². The standard InChI is InChI=1S/C25H29NO3.CH4O/c1-15(2)29-14-20(13-27)24-23(19-9-8-17(4)18(5)12-19)22-11-16(3)7-10-21(22)25(28)26(24)6;1-2/h7-13,15,20H,14H2,1-6H3;2H,1H3. The number of carbonyl (C=O) groups is 1. The number of hydrogen-bond donors (Lipinski definition) is 1. The van der Waals surface area contributed by atoms with Gasteiger partial charge >= 0.3 is 0 Å². The van der Waals surface area contributed by atoms with E-state index in [2.05, 4.69) is 32.0 Å². The number of aromatic nitrogens is 1. The number of ether oxygens (including phenoxy) is 1. The van der Waals surface area contributed by atoms with Crippen LogP contribution >= 0.6 is 0 Å². The largest absolute Gasteiger partial charge is 0.400 e. The van der Waals surface area contributed by atoms with E-state index < -0.39 is 5.92 Å². The number of carbonyl (C=O) groups excluding carboxylic acids is 1. The van der Waals surface area contributed by atoms with Crippen LogP contribution in [0.2, 0.25) is 0 Å². The zero-order valence-electron chi connectivity index (χ0n) is 19.5. The number of pyridine rings is 1. The highest BCUT2D eigenvalue weighted by Crippen LogP contribution is 2.35. The van der Waals surface area contributed by atoms with Gasteiger partial charge in [0, 0.05) is 30.8 Å². The van der Waals surface area contributed by atoms with Crippen molar-refractivity contribution in [1.82, 2.24) is 4.57 Å². The summed E-state index contributed by atoms with van der Waals surface area (Å²) in [5.41, 5.74) is 5.98. The lowest BCUT2D eigenvalue weighted by Gasteiger charge is -2.23. The summed E-state index contributed by atoms with van der Waals surface area (Å²) in [4.78, 5) is 25.2. The Kier molecular flexibility index (Phi) is 8.31. The second kappa shape index (κ2) is 10.5. The fraction of sp³-hybridized carbons (Fsp3) is 0.385. The molecule has 166 valence electrons. The number of benzene rings is 2. The summed E-state index contributed by atoms with van der Waals surface area (Å²) in [6.07, 6.45) is 0.894. The van der Waals surface area contributed by atoms with Crippen molar-refractivity contribution in [2.24, 2.45) is 7.05 Å². The van der Waals surface area contributed by atoms with Crippen LogP contribution in [0.1, 0.15) is 42.1 Å². The number of nitrogens with zero attached hydrogens (tertiary/aromatic N) is 1. The monoisotopic (exact) mass is 423 g/mol. The minimum absolute atomic E-state index is 0.00208. The highest BCUT2D eigenvalue weighted by atomic mass is 16.5. The summed E-state index contributed by atoms with van der Waals surface area (Å²) in [5, 5.41) is 8.53. The summed E-state index contributed by atoms with van der Waals surface area (Å²) >= 11 is 0. The zero-order chi connectivity index (χ0) is 23.3. The third-order valence-electron chi connectivity index (χ3n) is 5.52. The van der Waals surface area contributed by atoms with Crippen LogP contribution in [0.4, 0.5) is 0 Å². The van der Waals surface area contributed by atoms with Crippen LogP contribution in [-0.4, -0.2) is 35.8 Å². The van der Waals surface area contributed by atoms with Gasteiger partial charge in [-0.1, -0.05) is 35.9 Å². The summed E-state index contributed by atoms with van der Waals surface area (Å²) in [7, 11) is 2.74. The number of aliphatic hydroxyl groups is 1. The van der Waals surface area contributed by atoms with Crippen LogP contribution in [0.15, 0.2) is 41.2 Å². The molecule has 1 heterocycles. The molecule has 0 bridgehead atoms. The molecule has 0 aliphatic heterocycles. The van der Waals surface area contributed by atoms with Crippen molar-refractivity contribution in [1.29, 1.82) is 0 Å². The van der Waals surface area contributed by atoms with E-state index in [1.807, 2.05) is 39.0 Å². The average Bonchev–Trinajstić information content (AvgIpc) is 2.75. The van der Waals surface area contributed by atoms with Crippen LogP contribution in [-0.2, 0) is 16.6 Å². The third-order valence-corrected chi connectivity index (χ3v) is 5.52. The molecule has 0 saturated carbocycles. The van der Waals surface area contributed by atoms with Gasteiger partial charge in [-0.05, 0) is 62.8 Å². The van der Waals surface area contributed by atoms with Crippen LogP contribution in [0.25, 0.3) is 21.9 Å². The van der Waals surface area contributed by atoms with Crippen molar-refractivity contribution in [3.8, 4) is 11.1 Å². The van der Waals surface area contributed by atoms with Crippen molar-refractivity contribution in [2.45, 2.75) is 46.6 Å². The Morgan fingerprint density at radius 3 is 2.26 bits per heavy atom. The second-order valence-corrected chi connectivity index (χ2v) is 8.10. The lowest BCUT2D eigenvalue weighted by atomic mass is 9.89. The fourth-order valence-electron chi connectivity index (χ4n) is 3.76. The van der Waals surface area contributed by atoms with E-state index in [1.54, 1.807) is 11.6 Å². The van der Waals surface area contributed by atoms with Crippen molar-refractivity contribution in [3.05, 3.63) is 69.1 Å². The maximum Gasteiger partial charge on any atom is 0.258 e. The Hall–Kier alpha value is -2.76. The molecule has 1 aromatic heterocycles. The van der Waals surface area contributed by atoms with Crippen molar-refractivity contribution in [3.63, 3.8) is 0 Å². The van der Waals surface area contributed by atoms with Crippen molar-refractivity contribution < 1.29 is 14.6 Å². The first-order valence-electron chi connectivity index (χ1n) is 10.5. The predicted molar refractivity (Wildman–Crippen MR) is 127 cm³/mol. The van der Waals surface area contributed by atoms with Gasteiger partial charge in [-0.25, -0.2) is 0 Å². The van der Waals surface area contributed by atoms with Gasteiger partial charge in [0.25, 0.3) is 5.56 Å². The molecule has 0 radical (unpaired) electrons. The van der Waals surface area contributed by atoms with Gasteiger partial charge < -0.3 is 19.2 Å². The molecule has 1 atom stereocenters. The molecule has 3 rings (SSSR count). The third kappa shape index (κ3) is 5.12. The molecule has 0 amide bonds. The van der Waals surface area contributed by atoms with E-state index in [4.69, 9.17) is 9.84 Å². The molecule has 0 saturated heterocycles. The molecular formula is C26H33NO4. The van der Waals surface area contributed by atoms with Crippen LogP contribution < -0.4 is 5.56 Å². The number of aldehydes is 1. The van der Waals surface area contributed by atoms with E-state index in [0.29, 0.717) is 11.1 Å². The van der Waals surface area contributed by atoms with Crippen molar-refractivity contribution in [2.75, 3.05) is 13.7 Å². The summed E-state index contributed by atoms with van der Waals surface area (Å²) in [6, 6.07) is 12.1. The smallest absolute Gasteiger partial charge is 0.258 e. The van der Waals surface area contributed by atoms with Gasteiger partial charge in [-0.2, -0.15) is 0 Å². The summed E-state index contributed by atoms with van der Waals surface area (Å²) in [6.45, 7) is 10.3. The Morgan fingerprint density at radius 2 is 1.68 bits per heavy atom. The van der Waals surface area contributed by atoms with Gasteiger partial charge in [0.1, 0.15) is 6.29 Å². The SMILES string of the molecule is CO.Cc1ccc2c(=O)n(C)c(C(C=O)COC(C)C)c(-c3ccc(C)c(C)c3)c2c1. The fourth-order valence-corrected chi connectivity index (χ4v) is 3.76. The van der Waals surface area contributed by atoms with Gasteiger partial charge in [0.05, 0.1) is 18.6 Å². The molecule has 0 fully saturated rings. The molecular weight excluding hydrogens is 390 g/mol. The Balaban J connectivity index is 0.00000166. The highest BCUT2D eigenvalue weighted by Gasteiger charge is 2.24. The normalized spacial score (nSPS) is 11.9. The van der Waals surface area contributed by atoms with Gasteiger partial charge in [-0.15, -0.1) is 0 Å². The average molecular weight is 424 g/mol. The summed E-state index contributed by atoms with van der Waals surface area (Å²) in [5.74, 6) is -0.531. The van der Waals surface area contributed by atoms with E-state index in [1.165, 1.54) is 11.1 Å². The first-order chi connectivity index (χ1) is 14.7. The summed E-state index contributed by atoms with van der Waals surface area (Å²) < 4.78 is 7.38. The molecule has 0 aliphatic carbocycles. The molecule has 0 spiro atoms. The minimum atomic E-state index is -0.531. The molecule has 5 heteroatoms.